The molecule has 8 heteroatoms. The van der Waals surface area contributed by atoms with Crippen LogP contribution in [0.5, 0.6) is 0 Å². The van der Waals surface area contributed by atoms with Crippen LogP contribution in [0.15, 0.2) is 0 Å². The molecular formula is C10H16N2O5S. The lowest BCUT2D eigenvalue weighted by molar-refractivity contribution is -0.149. The Morgan fingerprint density at radius 2 is 2.06 bits per heavy atom. The van der Waals surface area contributed by atoms with Crippen molar-refractivity contribution in [3.8, 4) is 0 Å². The van der Waals surface area contributed by atoms with Gasteiger partial charge in [0, 0.05) is 12.2 Å². The van der Waals surface area contributed by atoms with Gasteiger partial charge in [0.1, 0.15) is 12.1 Å². The number of hydrogen-bond donors (Lipinski definition) is 3. The lowest BCUT2D eigenvalue weighted by atomic mass is 10.1. The van der Waals surface area contributed by atoms with Crippen molar-refractivity contribution in [1.82, 2.24) is 4.90 Å². The third kappa shape index (κ3) is 3.36. The molecule has 1 fully saturated rings. The summed E-state index contributed by atoms with van der Waals surface area (Å²) in [7, 11) is 0. The monoisotopic (exact) mass is 276 g/mol. The van der Waals surface area contributed by atoms with E-state index in [-0.39, 0.29) is 24.1 Å². The maximum Gasteiger partial charge on any atom is 0.327 e. The summed E-state index contributed by atoms with van der Waals surface area (Å²) in [5, 5.41) is 17.4. The van der Waals surface area contributed by atoms with Gasteiger partial charge in [0.05, 0.1) is 5.37 Å². The quantitative estimate of drug-likeness (QED) is 0.622. The van der Waals surface area contributed by atoms with Gasteiger partial charge in [-0.1, -0.05) is 0 Å². The SMILES string of the molecule is C[C@H]1SC[C@@H](C(=O)O)N1C(=O)CC[C@H](N)C(=O)O. The highest BCUT2D eigenvalue weighted by atomic mass is 32.2. The lowest BCUT2D eigenvalue weighted by Gasteiger charge is -2.25. The summed E-state index contributed by atoms with van der Waals surface area (Å²) in [6.07, 6.45) is -0.0451. The van der Waals surface area contributed by atoms with Gasteiger partial charge in [-0.15, -0.1) is 11.8 Å². The largest absolute Gasteiger partial charge is 0.480 e. The van der Waals surface area contributed by atoms with Crippen molar-refractivity contribution in [2.45, 2.75) is 37.2 Å². The predicted octanol–water partition coefficient (Wildman–Crippen LogP) is -0.447. The maximum atomic E-state index is 11.9. The molecule has 0 aliphatic carbocycles. The van der Waals surface area contributed by atoms with Crippen LogP contribution in [-0.4, -0.2) is 56.2 Å². The number of carboxylic acids is 2. The second kappa shape index (κ2) is 6.05. The van der Waals surface area contributed by atoms with E-state index in [0.717, 1.165) is 0 Å². The number of carbonyl (C=O) groups excluding carboxylic acids is 1. The summed E-state index contributed by atoms with van der Waals surface area (Å²) in [6.45, 7) is 1.75. The summed E-state index contributed by atoms with van der Waals surface area (Å²) in [4.78, 5) is 34.7. The molecule has 1 saturated heterocycles. The van der Waals surface area contributed by atoms with E-state index in [2.05, 4.69) is 0 Å². The first-order valence-electron chi connectivity index (χ1n) is 5.48. The van der Waals surface area contributed by atoms with E-state index < -0.39 is 24.0 Å². The van der Waals surface area contributed by atoms with E-state index in [1.807, 2.05) is 0 Å². The highest BCUT2D eigenvalue weighted by Crippen LogP contribution is 2.29. The molecule has 1 heterocycles. The molecule has 18 heavy (non-hydrogen) atoms. The van der Waals surface area contributed by atoms with Crippen molar-refractivity contribution < 1.29 is 24.6 Å². The molecule has 0 aromatic rings. The van der Waals surface area contributed by atoms with E-state index in [1.165, 1.54) is 16.7 Å². The zero-order valence-electron chi connectivity index (χ0n) is 9.91. The second-order valence-electron chi connectivity index (χ2n) is 4.07. The number of aliphatic carboxylic acids is 2. The van der Waals surface area contributed by atoms with E-state index in [0.29, 0.717) is 5.75 Å². The molecule has 4 N–H and O–H groups in total. The number of nitrogens with zero attached hydrogens (tertiary/aromatic N) is 1. The molecule has 1 aliphatic heterocycles. The van der Waals surface area contributed by atoms with Crippen molar-refractivity contribution >= 4 is 29.6 Å². The van der Waals surface area contributed by atoms with Gasteiger partial charge in [-0.05, 0) is 13.3 Å². The molecule has 0 spiro atoms. The molecule has 1 aliphatic rings. The number of amides is 1. The van der Waals surface area contributed by atoms with Gasteiger partial charge in [0.15, 0.2) is 0 Å². The molecule has 102 valence electrons. The van der Waals surface area contributed by atoms with Crippen LogP contribution in [0.25, 0.3) is 0 Å². The van der Waals surface area contributed by atoms with Crippen LogP contribution >= 0.6 is 11.8 Å². The minimum atomic E-state index is -1.17. The molecule has 1 amide bonds. The first-order chi connectivity index (χ1) is 8.34. The highest BCUT2D eigenvalue weighted by molar-refractivity contribution is 8.00. The fourth-order valence-corrected chi connectivity index (χ4v) is 2.93. The molecule has 0 bridgehead atoms. The third-order valence-corrected chi connectivity index (χ3v) is 4.00. The first-order valence-corrected chi connectivity index (χ1v) is 6.53. The maximum absolute atomic E-state index is 11.9. The summed E-state index contributed by atoms with van der Waals surface area (Å²) in [5.41, 5.74) is 5.30. The molecule has 0 aromatic heterocycles. The highest BCUT2D eigenvalue weighted by Gasteiger charge is 2.39. The van der Waals surface area contributed by atoms with Gasteiger partial charge in [0.25, 0.3) is 0 Å². The summed E-state index contributed by atoms with van der Waals surface area (Å²) < 4.78 is 0. The van der Waals surface area contributed by atoms with Crippen molar-refractivity contribution in [3.63, 3.8) is 0 Å². The van der Waals surface area contributed by atoms with Gasteiger partial charge in [-0.3, -0.25) is 9.59 Å². The second-order valence-corrected chi connectivity index (χ2v) is 5.42. The average Bonchev–Trinajstić information content (AvgIpc) is 2.67. The number of nitrogens with two attached hydrogens (primary N) is 1. The number of carboxylic acid groups (broad SMARTS) is 2. The van der Waals surface area contributed by atoms with E-state index in [9.17, 15) is 14.4 Å². The molecule has 0 unspecified atom stereocenters. The Labute approximate surface area is 108 Å². The number of carbonyl (C=O) groups is 3. The van der Waals surface area contributed by atoms with Crippen molar-refractivity contribution in [1.29, 1.82) is 0 Å². The van der Waals surface area contributed by atoms with Gasteiger partial charge in [0.2, 0.25) is 5.91 Å². The van der Waals surface area contributed by atoms with E-state index in [4.69, 9.17) is 15.9 Å². The van der Waals surface area contributed by atoms with Crippen LogP contribution in [0.3, 0.4) is 0 Å². The number of hydrogen-bond acceptors (Lipinski definition) is 5. The molecule has 0 aromatic carbocycles. The molecule has 7 nitrogen and oxygen atoms in total. The molecule has 0 saturated carbocycles. The van der Waals surface area contributed by atoms with Gasteiger partial charge < -0.3 is 20.8 Å². The fourth-order valence-electron chi connectivity index (χ4n) is 1.74. The van der Waals surface area contributed by atoms with Crippen molar-refractivity contribution in [2.24, 2.45) is 5.73 Å². The van der Waals surface area contributed by atoms with Crippen LogP contribution in [-0.2, 0) is 14.4 Å². The van der Waals surface area contributed by atoms with Gasteiger partial charge in [-0.2, -0.15) is 0 Å². The Balaban J connectivity index is 2.59. The van der Waals surface area contributed by atoms with Crippen LogP contribution in [0.2, 0.25) is 0 Å². The van der Waals surface area contributed by atoms with E-state index >= 15 is 0 Å². The van der Waals surface area contributed by atoms with Crippen LogP contribution in [0, 0.1) is 0 Å². The third-order valence-electron chi connectivity index (χ3n) is 2.78. The van der Waals surface area contributed by atoms with Crippen LogP contribution in [0.4, 0.5) is 0 Å². The minimum absolute atomic E-state index is 0.00833. The Bertz CT molecular complexity index is 362. The van der Waals surface area contributed by atoms with Crippen molar-refractivity contribution in [3.05, 3.63) is 0 Å². The zero-order chi connectivity index (χ0) is 13.9. The summed E-state index contributed by atoms with van der Waals surface area (Å²) >= 11 is 1.39. The average molecular weight is 276 g/mol. The van der Waals surface area contributed by atoms with Crippen LogP contribution in [0.1, 0.15) is 19.8 Å². The summed E-state index contributed by atoms with van der Waals surface area (Å²) in [5.74, 6) is -2.21. The Morgan fingerprint density at radius 1 is 1.44 bits per heavy atom. The number of thioether (sulfide) groups is 1. The first kappa shape index (κ1) is 14.8. The normalized spacial score (nSPS) is 24.9. The standard InChI is InChI=1S/C10H16N2O5S/c1-5-12(7(4-18-5)10(16)17)8(13)3-2-6(11)9(14)15/h5-7H,2-4,11H2,1H3,(H,14,15)(H,16,17)/t5-,6+,7+/m1/s1. The Hall–Kier alpha value is -1.28. The molecule has 3 atom stereocenters. The smallest absolute Gasteiger partial charge is 0.327 e. The van der Waals surface area contributed by atoms with Gasteiger partial charge in [-0.25, -0.2) is 4.79 Å². The Morgan fingerprint density at radius 3 is 2.56 bits per heavy atom. The topological polar surface area (TPSA) is 121 Å². The van der Waals surface area contributed by atoms with Gasteiger partial charge >= 0.3 is 11.9 Å². The van der Waals surface area contributed by atoms with E-state index in [1.54, 1.807) is 6.92 Å². The number of rotatable bonds is 5. The lowest BCUT2D eigenvalue weighted by Crippen LogP contribution is -2.45. The summed E-state index contributed by atoms with van der Waals surface area (Å²) in [6, 6.07) is -1.93. The molecule has 0 radical (unpaired) electrons. The Kier molecular flexibility index (Phi) is 4.97. The van der Waals surface area contributed by atoms with Crippen molar-refractivity contribution in [2.75, 3.05) is 5.75 Å². The predicted molar refractivity (Wildman–Crippen MR) is 65.0 cm³/mol. The fraction of sp³-hybridized carbons (Fsp3) is 0.700. The minimum Gasteiger partial charge on any atom is -0.480 e. The molecule has 1 rings (SSSR count). The molecular weight excluding hydrogens is 260 g/mol. The van der Waals surface area contributed by atoms with Crippen LogP contribution < -0.4 is 5.73 Å². The zero-order valence-corrected chi connectivity index (χ0v) is 10.7.